The van der Waals surface area contributed by atoms with E-state index < -0.39 is 12.0 Å². The van der Waals surface area contributed by atoms with Gasteiger partial charge in [0.15, 0.2) is 0 Å². The average molecular weight is 278 g/mol. The highest BCUT2D eigenvalue weighted by Gasteiger charge is 2.28. The number of carboxylic acid groups (broad SMARTS) is 1. The lowest BCUT2D eigenvalue weighted by molar-refractivity contribution is -0.124. The summed E-state index contributed by atoms with van der Waals surface area (Å²) >= 11 is 0. The number of aromatic carboxylic acids is 1. The van der Waals surface area contributed by atoms with Gasteiger partial charge >= 0.3 is 5.97 Å². The minimum atomic E-state index is -1.09. The van der Waals surface area contributed by atoms with E-state index in [1.807, 2.05) is 0 Å². The Balaban J connectivity index is 2.44. The summed E-state index contributed by atoms with van der Waals surface area (Å²) in [5.74, 6) is -1.35. The number of aryl methyl sites for hydroxylation is 1. The summed E-state index contributed by atoms with van der Waals surface area (Å²) in [6, 6.07) is 0.740. The highest BCUT2D eigenvalue weighted by atomic mass is 16.4. The summed E-state index contributed by atoms with van der Waals surface area (Å²) in [5.41, 5.74) is 0.436. The summed E-state index contributed by atoms with van der Waals surface area (Å²) in [4.78, 5) is 35.4. The van der Waals surface area contributed by atoms with Gasteiger partial charge in [-0.1, -0.05) is 0 Å². The first-order valence-electron chi connectivity index (χ1n) is 6.59. The maximum atomic E-state index is 12.1. The Hall–Kier alpha value is -2.11. The molecule has 0 saturated heterocycles. The van der Waals surface area contributed by atoms with E-state index in [0.717, 1.165) is 12.8 Å². The molecule has 1 heterocycles. The highest BCUT2D eigenvalue weighted by molar-refractivity contribution is 5.90. The third-order valence-corrected chi connectivity index (χ3v) is 3.60. The Kier molecular flexibility index (Phi) is 3.65. The van der Waals surface area contributed by atoms with Crippen LogP contribution in [0.15, 0.2) is 10.9 Å². The predicted molar refractivity (Wildman–Crippen MR) is 73.0 cm³/mol. The van der Waals surface area contributed by atoms with E-state index in [1.54, 1.807) is 20.8 Å². The number of amides is 1. The second-order valence-electron chi connectivity index (χ2n) is 5.26. The SMILES string of the molecule is Cc1cc(=O)n(C(C)C(=O)NC2CC2)c(C)c1C(=O)O. The number of hydrogen-bond acceptors (Lipinski definition) is 3. The lowest BCUT2D eigenvalue weighted by Crippen LogP contribution is -2.38. The molecule has 0 bridgehead atoms. The fourth-order valence-corrected chi connectivity index (χ4v) is 2.37. The van der Waals surface area contributed by atoms with Crippen molar-refractivity contribution < 1.29 is 14.7 Å². The van der Waals surface area contributed by atoms with Crippen molar-refractivity contribution >= 4 is 11.9 Å². The van der Waals surface area contributed by atoms with Gasteiger partial charge in [0.1, 0.15) is 6.04 Å². The maximum absolute atomic E-state index is 12.1. The molecular weight excluding hydrogens is 260 g/mol. The zero-order valence-corrected chi connectivity index (χ0v) is 11.8. The van der Waals surface area contributed by atoms with Crippen molar-refractivity contribution in [3.8, 4) is 0 Å². The van der Waals surface area contributed by atoms with Crippen molar-refractivity contribution in [3.63, 3.8) is 0 Å². The molecule has 6 nitrogen and oxygen atoms in total. The monoisotopic (exact) mass is 278 g/mol. The van der Waals surface area contributed by atoms with Crippen LogP contribution >= 0.6 is 0 Å². The van der Waals surface area contributed by atoms with Crippen LogP contribution in [0.2, 0.25) is 0 Å². The number of hydrogen-bond donors (Lipinski definition) is 2. The summed E-state index contributed by atoms with van der Waals surface area (Å²) in [7, 11) is 0. The van der Waals surface area contributed by atoms with Gasteiger partial charge in [-0.05, 0) is 39.2 Å². The van der Waals surface area contributed by atoms with Crippen LogP contribution in [0.25, 0.3) is 0 Å². The summed E-state index contributed by atoms with van der Waals surface area (Å²) in [6.07, 6.45) is 1.92. The molecule has 108 valence electrons. The number of carbonyl (C=O) groups is 2. The molecule has 2 N–H and O–H groups in total. The van der Waals surface area contributed by atoms with Gasteiger partial charge in [-0.15, -0.1) is 0 Å². The van der Waals surface area contributed by atoms with Crippen LogP contribution in [0, 0.1) is 13.8 Å². The van der Waals surface area contributed by atoms with Crippen LogP contribution in [0.5, 0.6) is 0 Å². The van der Waals surface area contributed by atoms with Gasteiger partial charge in [-0.2, -0.15) is 0 Å². The van der Waals surface area contributed by atoms with Gasteiger partial charge in [0.05, 0.1) is 5.56 Å². The van der Waals surface area contributed by atoms with Crippen molar-refractivity contribution in [2.45, 2.75) is 45.7 Å². The number of carboxylic acids is 1. The van der Waals surface area contributed by atoms with Crippen LogP contribution in [-0.4, -0.2) is 27.6 Å². The molecule has 1 aromatic heterocycles. The molecule has 0 aliphatic heterocycles. The molecule has 1 aromatic rings. The standard InChI is InChI=1S/C14H18N2O4/c1-7-6-11(17)16(8(2)12(7)14(19)20)9(3)13(18)15-10-4-5-10/h6,9-10H,4-5H2,1-3H3,(H,15,18)(H,19,20). The van der Waals surface area contributed by atoms with E-state index in [-0.39, 0.29) is 23.1 Å². The van der Waals surface area contributed by atoms with Crippen molar-refractivity contribution in [2.24, 2.45) is 0 Å². The summed E-state index contributed by atoms with van der Waals surface area (Å²) in [6.45, 7) is 4.74. The minimum absolute atomic E-state index is 0.0793. The van der Waals surface area contributed by atoms with Crippen molar-refractivity contribution in [1.82, 2.24) is 9.88 Å². The Morgan fingerprint density at radius 2 is 2.00 bits per heavy atom. The predicted octanol–water partition coefficient (Wildman–Crippen LogP) is 1.00. The molecular formula is C14H18N2O4. The van der Waals surface area contributed by atoms with Gasteiger partial charge < -0.3 is 10.4 Å². The first-order chi connectivity index (χ1) is 9.32. The molecule has 20 heavy (non-hydrogen) atoms. The quantitative estimate of drug-likeness (QED) is 0.860. The second-order valence-corrected chi connectivity index (χ2v) is 5.26. The zero-order chi connectivity index (χ0) is 15.0. The maximum Gasteiger partial charge on any atom is 0.337 e. The van der Waals surface area contributed by atoms with Crippen molar-refractivity contribution in [1.29, 1.82) is 0 Å². The highest BCUT2D eigenvalue weighted by Crippen LogP contribution is 2.21. The van der Waals surface area contributed by atoms with Crippen LogP contribution < -0.4 is 10.9 Å². The van der Waals surface area contributed by atoms with E-state index in [9.17, 15) is 19.5 Å². The Morgan fingerprint density at radius 3 is 2.50 bits per heavy atom. The van der Waals surface area contributed by atoms with Gasteiger partial charge in [0.2, 0.25) is 5.91 Å². The molecule has 0 radical (unpaired) electrons. The number of rotatable bonds is 4. The number of carbonyl (C=O) groups excluding carboxylic acids is 1. The minimum Gasteiger partial charge on any atom is -0.478 e. The largest absolute Gasteiger partial charge is 0.478 e. The molecule has 0 spiro atoms. The average Bonchev–Trinajstić information content (AvgIpc) is 3.11. The van der Waals surface area contributed by atoms with Crippen molar-refractivity contribution in [2.75, 3.05) is 0 Å². The fourth-order valence-electron chi connectivity index (χ4n) is 2.37. The number of nitrogens with zero attached hydrogens (tertiary/aromatic N) is 1. The van der Waals surface area contributed by atoms with Gasteiger partial charge in [-0.25, -0.2) is 4.79 Å². The normalized spacial score (nSPS) is 15.8. The van der Waals surface area contributed by atoms with E-state index in [4.69, 9.17) is 0 Å². The van der Waals surface area contributed by atoms with Crippen LogP contribution in [0.3, 0.4) is 0 Å². The Labute approximate surface area is 116 Å². The molecule has 6 heteroatoms. The molecule has 1 aliphatic rings. The van der Waals surface area contributed by atoms with Gasteiger partial charge in [0.25, 0.3) is 5.56 Å². The van der Waals surface area contributed by atoms with Crippen LogP contribution in [-0.2, 0) is 4.79 Å². The molecule has 1 atom stereocenters. The van der Waals surface area contributed by atoms with Gasteiger partial charge in [-0.3, -0.25) is 14.2 Å². The lowest BCUT2D eigenvalue weighted by Gasteiger charge is -2.20. The molecule has 2 rings (SSSR count). The molecule has 1 unspecified atom stereocenters. The number of pyridine rings is 1. The Bertz CT molecular complexity index is 629. The van der Waals surface area contributed by atoms with E-state index in [2.05, 4.69) is 5.32 Å². The van der Waals surface area contributed by atoms with E-state index >= 15 is 0 Å². The second kappa shape index (κ2) is 5.11. The number of aromatic nitrogens is 1. The van der Waals surface area contributed by atoms with E-state index in [0.29, 0.717) is 11.3 Å². The van der Waals surface area contributed by atoms with Gasteiger partial charge in [0, 0.05) is 17.8 Å². The molecule has 1 amide bonds. The number of nitrogens with one attached hydrogen (secondary N) is 1. The Morgan fingerprint density at radius 1 is 1.40 bits per heavy atom. The van der Waals surface area contributed by atoms with E-state index in [1.165, 1.54) is 10.6 Å². The fraction of sp³-hybridized carbons (Fsp3) is 0.500. The third-order valence-electron chi connectivity index (χ3n) is 3.60. The first kappa shape index (κ1) is 14.3. The lowest BCUT2D eigenvalue weighted by atomic mass is 10.1. The van der Waals surface area contributed by atoms with Crippen LogP contribution in [0.1, 0.15) is 47.4 Å². The molecule has 0 aromatic carbocycles. The van der Waals surface area contributed by atoms with Crippen LogP contribution in [0.4, 0.5) is 0 Å². The zero-order valence-electron chi connectivity index (χ0n) is 11.8. The first-order valence-corrected chi connectivity index (χ1v) is 6.59. The molecule has 1 saturated carbocycles. The topological polar surface area (TPSA) is 88.4 Å². The smallest absolute Gasteiger partial charge is 0.337 e. The summed E-state index contributed by atoms with van der Waals surface area (Å²) < 4.78 is 1.24. The molecule has 1 aliphatic carbocycles. The molecule has 1 fully saturated rings. The summed E-state index contributed by atoms with van der Waals surface area (Å²) in [5, 5.41) is 12.0. The third kappa shape index (κ3) is 2.59. The van der Waals surface area contributed by atoms with Crippen molar-refractivity contribution in [3.05, 3.63) is 33.2 Å².